The predicted octanol–water partition coefficient (Wildman–Crippen LogP) is 0.727. The van der Waals surface area contributed by atoms with Crippen LogP contribution in [0.5, 0.6) is 0 Å². The van der Waals surface area contributed by atoms with E-state index in [1.165, 1.54) is 11.3 Å². The van der Waals surface area contributed by atoms with Gasteiger partial charge < -0.3 is 14.8 Å². The minimum absolute atomic E-state index is 0.000319. The number of anilines is 1. The van der Waals surface area contributed by atoms with Gasteiger partial charge in [-0.2, -0.15) is 0 Å². The van der Waals surface area contributed by atoms with E-state index in [0.717, 1.165) is 50.8 Å². The summed E-state index contributed by atoms with van der Waals surface area (Å²) in [7, 11) is 0. The van der Waals surface area contributed by atoms with Gasteiger partial charge in [-0.1, -0.05) is 11.3 Å². The SMILES string of the molecule is Cc1csc(=O)n1CCC(=O)NCCCN1CCN(c2ncccn2)CC1. The van der Waals surface area contributed by atoms with Gasteiger partial charge in [0.05, 0.1) is 0 Å². The summed E-state index contributed by atoms with van der Waals surface area (Å²) in [6.45, 7) is 7.77. The van der Waals surface area contributed by atoms with E-state index < -0.39 is 0 Å². The molecule has 8 nitrogen and oxygen atoms in total. The molecule has 1 aliphatic rings. The molecule has 0 aliphatic carbocycles. The van der Waals surface area contributed by atoms with Crippen LogP contribution in [-0.2, 0) is 11.3 Å². The third-order valence-electron chi connectivity index (χ3n) is 4.72. The lowest BCUT2D eigenvalue weighted by molar-refractivity contribution is -0.121. The molecule has 1 amide bonds. The van der Waals surface area contributed by atoms with Crippen molar-refractivity contribution in [3.05, 3.63) is 39.2 Å². The number of carbonyl (C=O) groups is 1. The fourth-order valence-corrected chi connectivity index (χ4v) is 3.89. The summed E-state index contributed by atoms with van der Waals surface area (Å²) < 4.78 is 1.65. The van der Waals surface area contributed by atoms with Crippen molar-refractivity contribution in [2.24, 2.45) is 0 Å². The van der Waals surface area contributed by atoms with Crippen LogP contribution in [0.1, 0.15) is 18.5 Å². The summed E-state index contributed by atoms with van der Waals surface area (Å²) in [6, 6.07) is 1.83. The van der Waals surface area contributed by atoms with E-state index in [4.69, 9.17) is 0 Å². The summed E-state index contributed by atoms with van der Waals surface area (Å²) >= 11 is 1.18. The van der Waals surface area contributed by atoms with Crippen molar-refractivity contribution >= 4 is 23.2 Å². The number of amides is 1. The Morgan fingerprint density at radius 3 is 2.59 bits per heavy atom. The Hall–Kier alpha value is -2.26. The topological polar surface area (TPSA) is 83.4 Å². The van der Waals surface area contributed by atoms with Crippen LogP contribution < -0.4 is 15.1 Å². The molecule has 3 heterocycles. The second kappa shape index (κ2) is 9.61. The third-order valence-corrected chi connectivity index (χ3v) is 5.60. The molecule has 1 N–H and O–H groups in total. The number of aryl methyl sites for hydroxylation is 1. The fraction of sp³-hybridized carbons (Fsp3) is 0.556. The third kappa shape index (κ3) is 5.61. The Morgan fingerprint density at radius 1 is 1.19 bits per heavy atom. The Kier molecular flexibility index (Phi) is 6.94. The molecular weight excluding hydrogens is 364 g/mol. The summed E-state index contributed by atoms with van der Waals surface area (Å²) in [4.78, 5) is 36.8. The molecule has 0 spiro atoms. The lowest BCUT2D eigenvalue weighted by atomic mass is 10.3. The van der Waals surface area contributed by atoms with Crippen LogP contribution in [0.3, 0.4) is 0 Å². The van der Waals surface area contributed by atoms with E-state index >= 15 is 0 Å². The van der Waals surface area contributed by atoms with Crippen LogP contribution in [-0.4, -0.2) is 64.6 Å². The minimum Gasteiger partial charge on any atom is -0.356 e. The molecular formula is C18H26N6O2S. The number of piperazine rings is 1. The van der Waals surface area contributed by atoms with Gasteiger partial charge in [0.25, 0.3) is 0 Å². The van der Waals surface area contributed by atoms with Crippen LogP contribution in [0.2, 0.25) is 0 Å². The number of carbonyl (C=O) groups excluding carboxylic acids is 1. The molecule has 1 aliphatic heterocycles. The number of hydrogen-bond acceptors (Lipinski definition) is 7. The monoisotopic (exact) mass is 390 g/mol. The number of nitrogens with zero attached hydrogens (tertiary/aromatic N) is 5. The van der Waals surface area contributed by atoms with Gasteiger partial charge >= 0.3 is 4.87 Å². The van der Waals surface area contributed by atoms with Crippen LogP contribution in [0.25, 0.3) is 0 Å². The normalized spacial score (nSPS) is 15.1. The smallest absolute Gasteiger partial charge is 0.307 e. The van der Waals surface area contributed by atoms with Gasteiger partial charge in [-0.05, 0) is 26.0 Å². The molecule has 0 saturated carbocycles. The Morgan fingerprint density at radius 2 is 1.93 bits per heavy atom. The fourth-order valence-electron chi connectivity index (χ4n) is 3.13. The predicted molar refractivity (Wildman–Crippen MR) is 106 cm³/mol. The molecule has 1 saturated heterocycles. The largest absolute Gasteiger partial charge is 0.356 e. The molecule has 2 aromatic heterocycles. The molecule has 0 aromatic carbocycles. The first-order valence-corrected chi connectivity index (χ1v) is 10.2. The van der Waals surface area contributed by atoms with E-state index in [-0.39, 0.29) is 10.8 Å². The summed E-state index contributed by atoms with van der Waals surface area (Å²) in [6.07, 6.45) is 4.80. The molecule has 1 fully saturated rings. The number of rotatable bonds is 8. The van der Waals surface area contributed by atoms with Gasteiger partial charge in [0.1, 0.15) is 0 Å². The van der Waals surface area contributed by atoms with Gasteiger partial charge in [-0.25, -0.2) is 9.97 Å². The van der Waals surface area contributed by atoms with Crippen molar-refractivity contribution in [1.82, 2.24) is 24.8 Å². The molecule has 0 unspecified atom stereocenters. The molecule has 2 aromatic rings. The highest BCUT2D eigenvalue weighted by molar-refractivity contribution is 7.07. The second-order valence-corrected chi connectivity index (χ2v) is 7.45. The maximum atomic E-state index is 12.0. The van der Waals surface area contributed by atoms with Gasteiger partial charge in [0.2, 0.25) is 11.9 Å². The first kappa shape index (κ1) is 19.5. The van der Waals surface area contributed by atoms with Gasteiger partial charge in [0, 0.05) is 69.2 Å². The maximum absolute atomic E-state index is 12.0. The van der Waals surface area contributed by atoms with E-state index in [2.05, 4.69) is 25.1 Å². The zero-order valence-electron chi connectivity index (χ0n) is 15.6. The maximum Gasteiger partial charge on any atom is 0.307 e. The van der Waals surface area contributed by atoms with Crippen molar-refractivity contribution in [3.8, 4) is 0 Å². The summed E-state index contributed by atoms with van der Waals surface area (Å²) in [5, 5.41) is 4.77. The standard InChI is InChI=1S/C18H26N6O2S/c1-15-14-27-18(26)24(15)9-4-16(25)19-7-3-8-22-10-12-23(13-11-22)17-20-5-2-6-21-17/h2,5-6,14H,3-4,7-13H2,1H3,(H,19,25). The van der Waals surface area contributed by atoms with Crippen LogP contribution in [0.4, 0.5) is 5.95 Å². The van der Waals surface area contributed by atoms with E-state index in [1.54, 1.807) is 17.0 Å². The van der Waals surface area contributed by atoms with Crippen molar-refractivity contribution in [2.45, 2.75) is 26.3 Å². The van der Waals surface area contributed by atoms with E-state index in [0.29, 0.717) is 19.5 Å². The molecule has 3 rings (SSSR count). The zero-order valence-corrected chi connectivity index (χ0v) is 16.5. The van der Waals surface area contributed by atoms with Crippen molar-refractivity contribution in [2.75, 3.05) is 44.2 Å². The highest BCUT2D eigenvalue weighted by Crippen LogP contribution is 2.09. The molecule has 0 atom stereocenters. The quantitative estimate of drug-likeness (QED) is 0.669. The molecule has 9 heteroatoms. The van der Waals surface area contributed by atoms with Gasteiger partial charge in [-0.15, -0.1) is 0 Å². The van der Waals surface area contributed by atoms with Crippen LogP contribution >= 0.6 is 11.3 Å². The van der Waals surface area contributed by atoms with E-state index in [9.17, 15) is 9.59 Å². The highest BCUT2D eigenvalue weighted by atomic mass is 32.1. The first-order chi connectivity index (χ1) is 13.1. The van der Waals surface area contributed by atoms with Gasteiger partial charge in [0.15, 0.2) is 0 Å². The van der Waals surface area contributed by atoms with Gasteiger partial charge in [-0.3, -0.25) is 14.5 Å². The number of nitrogens with one attached hydrogen (secondary N) is 1. The Labute approximate surface area is 162 Å². The number of thiazole rings is 1. The molecule has 27 heavy (non-hydrogen) atoms. The molecule has 0 bridgehead atoms. The highest BCUT2D eigenvalue weighted by Gasteiger charge is 2.18. The number of hydrogen-bond donors (Lipinski definition) is 1. The van der Waals surface area contributed by atoms with Crippen LogP contribution in [0.15, 0.2) is 28.6 Å². The molecule has 0 radical (unpaired) electrons. The van der Waals surface area contributed by atoms with Crippen molar-refractivity contribution in [3.63, 3.8) is 0 Å². The summed E-state index contributed by atoms with van der Waals surface area (Å²) in [5.41, 5.74) is 0.915. The lowest BCUT2D eigenvalue weighted by Crippen LogP contribution is -2.47. The molecule has 146 valence electrons. The zero-order chi connectivity index (χ0) is 19.1. The Bertz CT molecular complexity index is 783. The number of aromatic nitrogens is 3. The summed E-state index contributed by atoms with van der Waals surface area (Å²) in [5.74, 6) is 0.794. The van der Waals surface area contributed by atoms with Crippen molar-refractivity contribution in [1.29, 1.82) is 0 Å². The average Bonchev–Trinajstić information content (AvgIpc) is 3.02. The van der Waals surface area contributed by atoms with Crippen molar-refractivity contribution < 1.29 is 4.79 Å². The van der Waals surface area contributed by atoms with Crippen LogP contribution in [0, 0.1) is 6.92 Å². The minimum atomic E-state index is -0.00135. The lowest BCUT2D eigenvalue weighted by Gasteiger charge is -2.34. The average molecular weight is 391 g/mol. The first-order valence-electron chi connectivity index (χ1n) is 9.29. The Balaban J connectivity index is 1.28. The van der Waals surface area contributed by atoms with E-state index in [1.807, 2.05) is 18.4 Å². The second-order valence-electron chi connectivity index (χ2n) is 6.63.